The van der Waals surface area contributed by atoms with E-state index in [0.29, 0.717) is 31.9 Å². The lowest BCUT2D eigenvalue weighted by molar-refractivity contribution is -0.137. The summed E-state index contributed by atoms with van der Waals surface area (Å²) in [5.74, 6) is 0.745. The SMILES string of the molecule is Cc1ccc(N2CCN(c3cccc(C(F)(F)F)c3C#N)CC2)nn1. The van der Waals surface area contributed by atoms with Gasteiger partial charge in [-0.2, -0.15) is 23.5 Å². The van der Waals surface area contributed by atoms with E-state index in [2.05, 4.69) is 10.2 Å². The molecule has 1 aromatic heterocycles. The number of benzene rings is 1. The number of alkyl halides is 3. The molecule has 0 radical (unpaired) electrons. The molecule has 1 saturated heterocycles. The van der Waals surface area contributed by atoms with Gasteiger partial charge in [-0.1, -0.05) is 6.07 Å². The van der Waals surface area contributed by atoms with Crippen LogP contribution in [0.1, 0.15) is 16.8 Å². The normalized spacial score (nSPS) is 15.2. The monoisotopic (exact) mass is 347 g/mol. The first kappa shape index (κ1) is 17.0. The van der Waals surface area contributed by atoms with Gasteiger partial charge < -0.3 is 9.80 Å². The number of halogens is 3. The van der Waals surface area contributed by atoms with E-state index in [1.54, 1.807) is 12.1 Å². The van der Waals surface area contributed by atoms with E-state index < -0.39 is 11.7 Å². The minimum absolute atomic E-state index is 0.321. The van der Waals surface area contributed by atoms with E-state index in [0.717, 1.165) is 17.6 Å². The Hall–Kier alpha value is -2.82. The third kappa shape index (κ3) is 3.50. The van der Waals surface area contributed by atoms with E-state index in [-0.39, 0.29) is 5.56 Å². The second-order valence-corrected chi connectivity index (χ2v) is 5.82. The number of aromatic nitrogens is 2. The summed E-state index contributed by atoms with van der Waals surface area (Å²) in [6, 6.07) is 9.32. The van der Waals surface area contributed by atoms with Gasteiger partial charge in [-0.05, 0) is 31.2 Å². The van der Waals surface area contributed by atoms with E-state index in [9.17, 15) is 18.4 Å². The fourth-order valence-corrected chi connectivity index (χ4v) is 2.89. The third-order valence-electron chi connectivity index (χ3n) is 4.19. The van der Waals surface area contributed by atoms with Crippen molar-refractivity contribution in [3.8, 4) is 6.07 Å². The highest BCUT2D eigenvalue weighted by molar-refractivity contribution is 5.64. The summed E-state index contributed by atoms with van der Waals surface area (Å²) >= 11 is 0. The van der Waals surface area contributed by atoms with Crippen molar-refractivity contribution in [2.45, 2.75) is 13.1 Å². The molecular formula is C17H16F3N5. The molecule has 25 heavy (non-hydrogen) atoms. The minimum atomic E-state index is -4.54. The molecule has 130 valence electrons. The van der Waals surface area contributed by atoms with Crippen LogP contribution in [0.25, 0.3) is 0 Å². The van der Waals surface area contributed by atoms with Crippen LogP contribution in [0.2, 0.25) is 0 Å². The van der Waals surface area contributed by atoms with Crippen molar-refractivity contribution in [2.75, 3.05) is 36.0 Å². The summed E-state index contributed by atoms with van der Waals surface area (Å²) in [6.45, 7) is 4.06. The van der Waals surface area contributed by atoms with Crippen molar-refractivity contribution in [2.24, 2.45) is 0 Å². The smallest absolute Gasteiger partial charge is 0.367 e. The second kappa shape index (κ2) is 6.59. The number of hydrogen-bond acceptors (Lipinski definition) is 5. The Balaban J connectivity index is 1.79. The highest BCUT2D eigenvalue weighted by Gasteiger charge is 2.35. The molecule has 2 heterocycles. The van der Waals surface area contributed by atoms with Gasteiger partial charge in [-0.15, -0.1) is 5.10 Å². The predicted molar refractivity (Wildman–Crippen MR) is 87.4 cm³/mol. The summed E-state index contributed by atoms with van der Waals surface area (Å²) < 4.78 is 39.3. The fourth-order valence-electron chi connectivity index (χ4n) is 2.89. The molecule has 0 aliphatic carbocycles. The van der Waals surface area contributed by atoms with Crippen LogP contribution in [0.15, 0.2) is 30.3 Å². The second-order valence-electron chi connectivity index (χ2n) is 5.82. The Morgan fingerprint density at radius 2 is 1.68 bits per heavy atom. The number of hydrogen-bond donors (Lipinski definition) is 0. The lowest BCUT2D eigenvalue weighted by atomic mass is 10.0. The number of nitrogens with zero attached hydrogens (tertiary/aromatic N) is 5. The maximum absolute atomic E-state index is 13.1. The number of aryl methyl sites for hydroxylation is 1. The molecule has 8 heteroatoms. The molecule has 0 unspecified atom stereocenters. The molecule has 0 atom stereocenters. The van der Waals surface area contributed by atoms with Crippen molar-refractivity contribution in [3.63, 3.8) is 0 Å². The fraction of sp³-hybridized carbons (Fsp3) is 0.353. The van der Waals surface area contributed by atoms with Gasteiger partial charge in [-0.25, -0.2) is 0 Å². The first-order valence-corrected chi connectivity index (χ1v) is 7.80. The Morgan fingerprint density at radius 3 is 2.24 bits per heavy atom. The summed E-state index contributed by atoms with van der Waals surface area (Å²) in [4.78, 5) is 3.84. The minimum Gasteiger partial charge on any atom is -0.367 e. The quantitative estimate of drug-likeness (QED) is 0.836. The van der Waals surface area contributed by atoms with Crippen LogP contribution < -0.4 is 9.80 Å². The van der Waals surface area contributed by atoms with Crippen molar-refractivity contribution in [3.05, 3.63) is 47.2 Å². The summed E-state index contributed by atoms with van der Waals surface area (Å²) in [5, 5.41) is 17.4. The molecule has 1 fully saturated rings. The lowest BCUT2D eigenvalue weighted by Crippen LogP contribution is -2.47. The van der Waals surface area contributed by atoms with Crippen molar-refractivity contribution < 1.29 is 13.2 Å². The first-order chi connectivity index (χ1) is 11.9. The van der Waals surface area contributed by atoms with Gasteiger partial charge in [0.25, 0.3) is 0 Å². The Kier molecular flexibility index (Phi) is 4.49. The van der Waals surface area contributed by atoms with Crippen LogP contribution in [-0.2, 0) is 6.18 Å². The maximum atomic E-state index is 13.1. The largest absolute Gasteiger partial charge is 0.417 e. The lowest BCUT2D eigenvalue weighted by Gasteiger charge is -2.37. The van der Waals surface area contributed by atoms with E-state index in [1.165, 1.54) is 6.07 Å². The molecule has 3 rings (SSSR count). The number of nitriles is 1. The average Bonchev–Trinajstić information content (AvgIpc) is 2.61. The van der Waals surface area contributed by atoms with Crippen LogP contribution >= 0.6 is 0 Å². The summed E-state index contributed by atoms with van der Waals surface area (Å²) in [5.41, 5.74) is -0.0603. The molecular weight excluding hydrogens is 331 g/mol. The molecule has 0 N–H and O–H groups in total. The zero-order valence-electron chi connectivity index (χ0n) is 13.6. The van der Waals surface area contributed by atoms with Crippen molar-refractivity contribution >= 4 is 11.5 Å². The van der Waals surface area contributed by atoms with E-state index in [1.807, 2.05) is 28.9 Å². The summed E-state index contributed by atoms with van der Waals surface area (Å²) in [6.07, 6.45) is -4.54. The zero-order chi connectivity index (χ0) is 18.0. The Bertz CT molecular complexity index is 787. The van der Waals surface area contributed by atoms with Crippen LogP contribution in [0.4, 0.5) is 24.7 Å². The molecule has 1 aromatic carbocycles. The van der Waals surface area contributed by atoms with Crippen LogP contribution in [-0.4, -0.2) is 36.4 Å². The maximum Gasteiger partial charge on any atom is 0.417 e. The van der Waals surface area contributed by atoms with E-state index >= 15 is 0 Å². The zero-order valence-corrected chi connectivity index (χ0v) is 13.6. The van der Waals surface area contributed by atoms with Crippen LogP contribution in [0.3, 0.4) is 0 Å². The predicted octanol–water partition coefficient (Wildman–Crippen LogP) is 3.00. The first-order valence-electron chi connectivity index (χ1n) is 7.80. The van der Waals surface area contributed by atoms with Gasteiger partial charge in [-0.3, -0.25) is 0 Å². The van der Waals surface area contributed by atoms with Gasteiger partial charge in [0, 0.05) is 26.2 Å². The number of piperazine rings is 1. The van der Waals surface area contributed by atoms with Gasteiger partial charge >= 0.3 is 6.18 Å². The number of anilines is 2. The molecule has 2 aromatic rings. The average molecular weight is 347 g/mol. The van der Waals surface area contributed by atoms with Crippen molar-refractivity contribution in [1.29, 1.82) is 5.26 Å². The van der Waals surface area contributed by atoms with Gasteiger partial charge in [0.15, 0.2) is 5.82 Å². The Morgan fingerprint density at radius 1 is 1.00 bits per heavy atom. The topological polar surface area (TPSA) is 56.0 Å². The molecule has 5 nitrogen and oxygen atoms in total. The number of rotatable bonds is 2. The third-order valence-corrected chi connectivity index (χ3v) is 4.19. The van der Waals surface area contributed by atoms with Gasteiger partial charge in [0.2, 0.25) is 0 Å². The van der Waals surface area contributed by atoms with Crippen LogP contribution in [0.5, 0.6) is 0 Å². The van der Waals surface area contributed by atoms with Crippen molar-refractivity contribution in [1.82, 2.24) is 10.2 Å². The van der Waals surface area contributed by atoms with Gasteiger partial charge in [0.05, 0.1) is 22.5 Å². The molecule has 1 aliphatic heterocycles. The molecule has 0 amide bonds. The Labute approximate surface area is 143 Å². The molecule has 0 saturated carbocycles. The molecule has 1 aliphatic rings. The highest BCUT2D eigenvalue weighted by atomic mass is 19.4. The summed E-state index contributed by atoms with van der Waals surface area (Å²) in [7, 11) is 0. The van der Waals surface area contributed by atoms with Gasteiger partial charge in [0.1, 0.15) is 6.07 Å². The molecule has 0 bridgehead atoms. The van der Waals surface area contributed by atoms with E-state index in [4.69, 9.17) is 0 Å². The van der Waals surface area contributed by atoms with Crippen LogP contribution in [0, 0.1) is 18.3 Å². The standard InChI is InChI=1S/C17H16F3N5/c1-12-5-6-16(23-22-12)25-9-7-24(8-10-25)15-4-2-3-14(13(15)11-21)17(18,19)20/h2-6H,7-10H2,1H3. The molecule has 0 spiro atoms. The highest BCUT2D eigenvalue weighted by Crippen LogP contribution is 2.36.